The predicted octanol–water partition coefficient (Wildman–Crippen LogP) is 2.67. The third-order valence-corrected chi connectivity index (χ3v) is 2.38. The highest BCUT2D eigenvalue weighted by Gasteiger charge is 2.10. The number of nitriles is 1. The first kappa shape index (κ1) is 10.3. The molecule has 0 radical (unpaired) electrons. The Morgan fingerprint density at radius 2 is 2.19 bits per heavy atom. The zero-order chi connectivity index (χ0) is 11.7. The van der Waals surface area contributed by atoms with Crippen LogP contribution in [0.1, 0.15) is 5.69 Å². The van der Waals surface area contributed by atoms with E-state index in [1.807, 2.05) is 6.07 Å². The van der Waals surface area contributed by atoms with Crippen molar-refractivity contribution in [3.8, 4) is 6.07 Å². The van der Waals surface area contributed by atoms with E-state index in [1.54, 1.807) is 0 Å². The largest absolute Gasteiger partial charge is 0.270 e. The van der Waals surface area contributed by atoms with Crippen molar-refractivity contribution < 1.29 is 4.92 Å². The van der Waals surface area contributed by atoms with Crippen LogP contribution in [0, 0.1) is 21.4 Å². The number of nitrogens with zero attached hydrogens (tertiary/aromatic N) is 3. The summed E-state index contributed by atoms with van der Waals surface area (Å²) >= 11 is 5.90. The van der Waals surface area contributed by atoms with E-state index in [1.165, 1.54) is 24.3 Å². The molecule has 0 aliphatic heterocycles. The van der Waals surface area contributed by atoms with Gasteiger partial charge >= 0.3 is 0 Å². The third kappa shape index (κ3) is 1.66. The van der Waals surface area contributed by atoms with Crippen molar-refractivity contribution in [1.29, 1.82) is 5.26 Å². The molecule has 0 saturated heterocycles. The van der Waals surface area contributed by atoms with Gasteiger partial charge in [-0.15, -0.1) is 0 Å². The third-order valence-electron chi connectivity index (χ3n) is 2.07. The molecule has 0 N–H and O–H groups in total. The van der Waals surface area contributed by atoms with Crippen LogP contribution in [0.2, 0.25) is 5.02 Å². The molecule has 0 amide bonds. The zero-order valence-electron chi connectivity index (χ0n) is 7.85. The van der Waals surface area contributed by atoms with Crippen LogP contribution >= 0.6 is 11.6 Å². The highest BCUT2D eigenvalue weighted by atomic mass is 35.5. The summed E-state index contributed by atoms with van der Waals surface area (Å²) in [5, 5.41) is 20.0. The molecule has 0 spiro atoms. The molecule has 0 aliphatic carbocycles. The van der Waals surface area contributed by atoms with Crippen LogP contribution in [0.25, 0.3) is 10.9 Å². The van der Waals surface area contributed by atoms with Gasteiger partial charge < -0.3 is 0 Å². The van der Waals surface area contributed by atoms with Gasteiger partial charge in [-0.3, -0.25) is 10.1 Å². The van der Waals surface area contributed by atoms with Gasteiger partial charge in [-0.1, -0.05) is 11.6 Å². The lowest BCUT2D eigenvalue weighted by atomic mass is 10.2. The molecule has 2 rings (SSSR count). The van der Waals surface area contributed by atoms with E-state index in [0.29, 0.717) is 10.9 Å². The number of pyridine rings is 1. The summed E-state index contributed by atoms with van der Waals surface area (Å²) in [5.74, 6) is 0. The normalized spacial score (nSPS) is 10.0. The van der Waals surface area contributed by atoms with Crippen molar-refractivity contribution in [2.45, 2.75) is 0 Å². The number of rotatable bonds is 1. The van der Waals surface area contributed by atoms with E-state index >= 15 is 0 Å². The van der Waals surface area contributed by atoms with Crippen LogP contribution in [0.5, 0.6) is 0 Å². The Balaban J connectivity index is 2.76. The minimum atomic E-state index is -0.506. The molecule has 0 fully saturated rings. The maximum Gasteiger partial charge on any atom is 0.270 e. The molecule has 78 valence electrons. The summed E-state index contributed by atoms with van der Waals surface area (Å²) in [6.45, 7) is 0. The Bertz CT molecular complexity index is 634. The van der Waals surface area contributed by atoms with E-state index < -0.39 is 4.92 Å². The van der Waals surface area contributed by atoms with Gasteiger partial charge in [-0.25, -0.2) is 4.98 Å². The van der Waals surface area contributed by atoms with Gasteiger partial charge in [0, 0.05) is 17.5 Å². The monoisotopic (exact) mass is 233 g/mol. The van der Waals surface area contributed by atoms with Crippen molar-refractivity contribution in [3.63, 3.8) is 0 Å². The fourth-order valence-corrected chi connectivity index (χ4v) is 1.60. The minimum Gasteiger partial charge on any atom is -0.258 e. The number of aromatic nitrogens is 1. The second-order valence-electron chi connectivity index (χ2n) is 3.06. The van der Waals surface area contributed by atoms with Crippen LogP contribution in [-0.2, 0) is 0 Å². The summed E-state index contributed by atoms with van der Waals surface area (Å²) < 4.78 is 0. The molecule has 1 aromatic carbocycles. The number of halogens is 1. The summed E-state index contributed by atoms with van der Waals surface area (Å²) in [5.41, 5.74) is 0.599. The number of benzene rings is 1. The number of fused-ring (bicyclic) bond motifs is 1. The average Bonchev–Trinajstić information content (AvgIpc) is 2.28. The lowest BCUT2D eigenvalue weighted by Gasteiger charge is -2.00. The molecule has 1 aromatic heterocycles. The lowest BCUT2D eigenvalue weighted by molar-refractivity contribution is -0.384. The highest BCUT2D eigenvalue weighted by molar-refractivity contribution is 6.35. The summed E-state index contributed by atoms with van der Waals surface area (Å²) in [6.07, 6.45) is 0. The molecular weight excluding hydrogens is 230 g/mol. The molecule has 0 saturated carbocycles. The van der Waals surface area contributed by atoms with Gasteiger partial charge in [0.25, 0.3) is 5.69 Å². The fraction of sp³-hybridized carbons (Fsp3) is 0. The maximum absolute atomic E-state index is 10.6. The van der Waals surface area contributed by atoms with Gasteiger partial charge in [0.1, 0.15) is 11.8 Å². The lowest BCUT2D eigenvalue weighted by Crippen LogP contribution is -1.90. The van der Waals surface area contributed by atoms with E-state index in [0.717, 1.165) is 0 Å². The summed E-state index contributed by atoms with van der Waals surface area (Å²) in [7, 11) is 0. The zero-order valence-corrected chi connectivity index (χ0v) is 8.60. The average molecular weight is 234 g/mol. The second kappa shape index (κ2) is 3.76. The van der Waals surface area contributed by atoms with Crippen molar-refractivity contribution in [2.75, 3.05) is 0 Å². The second-order valence-corrected chi connectivity index (χ2v) is 3.47. The number of hydrogen-bond acceptors (Lipinski definition) is 4. The molecule has 6 heteroatoms. The molecule has 0 bridgehead atoms. The molecule has 0 unspecified atom stereocenters. The van der Waals surface area contributed by atoms with Gasteiger partial charge in [0.05, 0.1) is 15.5 Å². The first-order valence-corrected chi connectivity index (χ1v) is 4.64. The molecule has 16 heavy (non-hydrogen) atoms. The fourth-order valence-electron chi connectivity index (χ4n) is 1.34. The predicted molar refractivity (Wildman–Crippen MR) is 58.1 cm³/mol. The molecule has 1 heterocycles. The SMILES string of the molecule is N#Cc1cc(Cl)c2cc([N+](=O)[O-])ccc2n1. The summed E-state index contributed by atoms with van der Waals surface area (Å²) in [4.78, 5) is 14.0. The number of nitro benzene ring substituents is 1. The first-order valence-electron chi connectivity index (χ1n) is 4.26. The standard InChI is InChI=1S/C10H4ClN3O2/c11-9-3-6(5-12)13-10-2-1-7(14(15)16)4-8(9)10/h1-4H. The summed E-state index contributed by atoms with van der Waals surface area (Å²) in [6, 6.07) is 7.39. The van der Waals surface area contributed by atoms with Crippen LogP contribution in [0.3, 0.4) is 0 Å². The quantitative estimate of drug-likeness (QED) is 0.560. The van der Waals surface area contributed by atoms with Gasteiger partial charge in [0.15, 0.2) is 0 Å². The highest BCUT2D eigenvalue weighted by Crippen LogP contribution is 2.26. The van der Waals surface area contributed by atoms with Crippen LogP contribution in [0.4, 0.5) is 5.69 Å². The van der Waals surface area contributed by atoms with E-state index in [4.69, 9.17) is 16.9 Å². The molecule has 2 aromatic rings. The molecule has 0 atom stereocenters. The van der Waals surface area contributed by atoms with Crippen molar-refractivity contribution in [3.05, 3.63) is 45.1 Å². The topological polar surface area (TPSA) is 79.8 Å². The van der Waals surface area contributed by atoms with Crippen LogP contribution < -0.4 is 0 Å². The Hall–Kier alpha value is -2.19. The Morgan fingerprint density at radius 3 is 2.81 bits per heavy atom. The number of hydrogen-bond donors (Lipinski definition) is 0. The Labute approximate surface area is 95.0 Å². The minimum absolute atomic E-state index is 0.0547. The molecular formula is C10H4ClN3O2. The van der Waals surface area contributed by atoms with E-state index in [2.05, 4.69) is 4.98 Å². The van der Waals surface area contributed by atoms with Crippen molar-refractivity contribution in [1.82, 2.24) is 4.98 Å². The molecule has 5 nitrogen and oxygen atoms in total. The van der Waals surface area contributed by atoms with E-state index in [-0.39, 0.29) is 16.4 Å². The number of nitro groups is 1. The van der Waals surface area contributed by atoms with Gasteiger partial charge in [-0.05, 0) is 12.1 Å². The smallest absolute Gasteiger partial charge is 0.258 e. The Morgan fingerprint density at radius 1 is 1.44 bits per heavy atom. The first-order chi connectivity index (χ1) is 7.61. The Kier molecular flexibility index (Phi) is 2.43. The van der Waals surface area contributed by atoms with Crippen LogP contribution in [0.15, 0.2) is 24.3 Å². The van der Waals surface area contributed by atoms with E-state index in [9.17, 15) is 10.1 Å². The van der Waals surface area contributed by atoms with Gasteiger partial charge in [-0.2, -0.15) is 5.26 Å². The van der Waals surface area contributed by atoms with Crippen LogP contribution in [-0.4, -0.2) is 9.91 Å². The van der Waals surface area contributed by atoms with Gasteiger partial charge in [0.2, 0.25) is 0 Å². The van der Waals surface area contributed by atoms with Crippen molar-refractivity contribution in [2.24, 2.45) is 0 Å². The number of non-ortho nitro benzene ring substituents is 1. The van der Waals surface area contributed by atoms with Crippen molar-refractivity contribution >= 4 is 28.2 Å². The molecule has 0 aliphatic rings. The maximum atomic E-state index is 10.6.